The second-order valence-electron chi connectivity index (χ2n) is 14.5. The average molecular weight is 595 g/mol. The zero-order valence-electron chi connectivity index (χ0n) is 30.9. The summed E-state index contributed by atoms with van der Waals surface area (Å²) in [5.74, 6) is 0. The molecule has 0 N–H and O–H groups in total. The highest BCUT2D eigenvalue weighted by Gasteiger charge is 2.26. The van der Waals surface area contributed by atoms with Gasteiger partial charge in [-0.05, 0) is 64.2 Å². The summed E-state index contributed by atoms with van der Waals surface area (Å²) in [4.78, 5) is 0. The van der Waals surface area contributed by atoms with E-state index in [4.69, 9.17) is 0 Å². The van der Waals surface area contributed by atoms with Crippen molar-refractivity contribution in [3.8, 4) is 0 Å². The average Bonchev–Trinajstić information content (AvgIpc) is 3.01. The van der Waals surface area contributed by atoms with Crippen LogP contribution in [0.1, 0.15) is 208 Å². The maximum Gasteiger partial charge on any atom is 0.0786 e. The van der Waals surface area contributed by atoms with E-state index in [-0.39, 0.29) is 0 Å². The SMILES string of the molecule is CCCC[N+](CCCC)(CCCC)CCCCCCCCCCCCCCCC[N+](CCCC)(CCCC)CCCC. The van der Waals surface area contributed by atoms with Crippen molar-refractivity contribution in [1.29, 1.82) is 0 Å². The molecule has 0 rings (SSSR count). The fraction of sp³-hybridized carbons (Fsp3) is 1.00. The smallest absolute Gasteiger partial charge is 0.0786 e. The summed E-state index contributed by atoms with van der Waals surface area (Å²) in [5.41, 5.74) is 0. The van der Waals surface area contributed by atoms with Crippen molar-refractivity contribution in [3.05, 3.63) is 0 Å². The molecule has 0 aromatic rings. The van der Waals surface area contributed by atoms with E-state index in [0.717, 1.165) is 0 Å². The molecule has 0 bridgehead atoms. The Bertz CT molecular complexity index is 426. The maximum atomic E-state index is 2.37. The molecule has 0 heterocycles. The lowest BCUT2D eigenvalue weighted by atomic mass is 10.0. The minimum Gasteiger partial charge on any atom is -0.324 e. The summed E-state index contributed by atoms with van der Waals surface area (Å²) < 4.78 is 2.87. The van der Waals surface area contributed by atoms with Crippen molar-refractivity contribution < 1.29 is 8.97 Å². The van der Waals surface area contributed by atoms with Gasteiger partial charge in [0.15, 0.2) is 0 Å². The molecule has 0 atom stereocenters. The van der Waals surface area contributed by atoms with Crippen LogP contribution < -0.4 is 0 Å². The first-order valence-electron chi connectivity index (χ1n) is 20.3. The topological polar surface area (TPSA) is 0 Å². The molecule has 0 aliphatic carbocycles. The second kappa shape index (κ2) is 30.9. The molecule has 254 valence electrons. The molecular weight excluding hydrogens is 508 g/mol. The maximum absolute atomic E-state index is 2.37. The first-order chi connectivity index (χ1) is 20.6. The molecule has 0 saturated carbocycles. The lowest BCUT2D eigenvalue weighted by Gasteiger charge is -2.39. The standard InChI is InChI=1S/C40H86N2/c1-7-13-33-41(34-14-8-2,35-15-9-3)39-31-29-27-25-23-21-19-20-22-24-26-28-30-32-40-42(36-16-10-4,37-17-11-5)38-18-12-6/h7-40H2,1-6H3/q+2. The third-order valence-corrected chi connectivity index (χ3v) is 10.4. The van der Waals surface area contributed by atoms with E-state index in [0.29, 0.717) is 0 Å². The van der Waals surface area contributed by atoms with Crippen LogP contribution in [0.25, 0.3) is 0 Å². The molecule has 42 heavy (non-hydrogen) atoms. The van der Waals surface area contributed by atoms with Crippen molar-refractivity contribution in [2.24, 2.45) is 0 Å². The predicted octanol–water partition coefficient (Wildman–Crippen LogP) is 12.9. The van der Waals surface area contributed by atoms with Gasteiger partial charge in [0, 0.05) is 0 Å². The van der Waals surface area contributed by atoms with Crippen LogP contribution in [0.3, 0.4) is 0 Å². The first kappa shape index (κ1) is 41.9. The molecule has 0 saturated heterocycles. The van der Waals surface area contributed by atoms with Gasteiger partial charge >= 0.3 is 0 Å². The highest BCUT2D eigenvalue weighted by molar-refractivity contribution is 4.54. The molecule has 0 aliphatic rings. The highest BCUT2D eigenvalue weighted by Crippen LogP contribution is 2.20. The third-order valence-electron chi connectivity index (χ3n) is 10.4. The minimum atomic E-state index is 1.36. The summed E-state index contributed by atoms with van der Waals surface area (Å²) in [7, 11) is 0. The summed E-state index contributed by atoms with van der Waals surface area (Å²) in [6, 6.07) is 0. The van der Waals surface area contributed by atoms with Crippen molar-refractivity contribution >= 4 is 0 Å². The Kier molecular flexibility index (Phi) is 30.9. The number of hydrogen-bond acceptors (Lipinski definition) is 0. The van der Waals surface area contributed by atoms with E-state index < -0.39 is 0 Å². The van der Waals surface area contributed by atoms with Gasteiger partial charge in [0.25, 0.3) is 0 Å². The fourth-order valence-electron chi connectivity index (χ4n) is 7.32. The molecule has 0 amide bonds. The molecule has 2 nitrogen and oxygen atoms in total. The van der Waals surface area contributed by atoms with Crippen LogP contribution in [-0.2, 0) is 0 Å². The number of nitrogens with zero attached hydrogens (tertiary/aromatic N) is 2. The van der Waals surface area contributed by atoms with Gasteiger partial charge in [0.05, 0.1) is 52.4 Å². The van der Waals surface area contributed by atoms with Gasteiger partial charge in [-0.25, -0.2) is 0 Å². The first-order valence-corrected chi connectivity index (χ1v) is 20.3. The summed E-state index contributed by atoms with van der Waals surface area (Å²) in [5, 5.41) is 0. The molecule has 0 aliphatic heterocycles. The van der Waals surface area contributed by atoms with Crippen LogP contribution in [-0.4, -0.2) is 61.3 Å². The molecule has 0 aromatic carbocycles. The van der Waals surface area contributed by atoms with Crippen LogP contribution in [0.5, 0.6) is 0 Å². The highest BCUT2D eigenvalue weighted by atomic mass is 15.4. The zero-order valence-corrected chi connectivity index (χ0v) is 30.9. The summed E-state index contributed by atoms with van der Waals surface area (Å²) in [6.07, 6.45) is 37.4. The van der Waals surface area contributed by atoms with Crippen LogP contribution in [0, 0.1) is 0 Å². The van der Waals surface area contributed by atoms with Crippen molar-refractivity contribution in [2.75, 3.05) is 52.4 Å². The van der Waals surface area contributed by atoms with E-state index in [2.05, 4.69) is 41.5 Å². The lowest BCUT2D eigenvalue weighted by Crippen LogP contribution is -2.50. The number of rotatable bonds is 35. The summed E-state index contributed by atoms with van der Waals surface area (Å²) in [6.45, 7) is 25.8. The van der Waals surface area contributed by atoms with Gasteiger partial charge in [-0.1, -0.05) is 144 Å². The van der Waals surface area contributed by atoms with Crippen LogP contribution >= 0.6 is 0 Å². The number of unbranched alkanes of at least 4 members (excludes halogenated alkanes) is 19. The Labute approximate surface area is 269 Å². The van der Waals surface area contributed by atoms with Crippen molar-refractivity contribution in [2.45, 2.75) is 208 Å². The van der Waals surface area contributed by atoms with Gasteiger partial charge in [-0.2, -0.15) is 0 Å². The number of hydrogen-bond donors (Lipinski definition) is 0. The number of quaternary nitrogens is 2. The van der Waals surface area contributed by atoms with Crippen LogP contribution in [0.4, 0.5) is 0 Å². The van der Waals surface area contributed by atoms with Crippen molar-refractivity contribution in [3.63, 3.8) is 0 Å². The van der Waals surface area contributed by atoms with Gasteiger partial charge in [-0.3, -0.25) is 0 Å². The van der Waals surface area contributed by atoms with Crippen LogP contribution in [0.2, 0.25) is 0 Å². The lowest BCUT2D eigenvalue weighted by molar-refractivity contribution is -0.929. The van der Waals surface area contributed by atoms with E-state index in [1.54, 1.807) is 0 Å². The van der Waals surface area contributed by atoms with Gasteiger partial charge in [0.1, 0.15) is 0 Å². The monoisotopic (exact) mass is 595 g/mol. The third kappa shape index (κ3) is 23.3. The molecule has 0 aromatic heterocycles. The fourth-order valence-corrected chi connectivity index (χ4v) is 7.32. The van der Waals surface area contributed by atoms with Crippen molar-refractivity contribution in [1.82, 2.24) is 0 Å². The molecular formula is C40H86N2+2. The summed E-state index contributed by atoms with van der Waals surface area (Å²) >= 11 is 0. The van der Waals surface area contributed by atoms with E-state index in [1.165, 1.54) is 228 Å². The van der Waals surface area contributed by atoms with E-state index >= 15 is 0 Å². The molecule has 2 heteroatoms. The quantitative estimate of drug-likeness (QED) is 0.0505. The Hall–Kier alpha value is -0.0800. The minimum absolute atomic E-state index is 1.36. The van der Waals surface area contributed by atoms with E-state index in [1.807, 2.05) is 0 Å². The Balaban J connectivity index is 3.93. The Morgan fingerprint density at radius 2 is 0.333 bits per heavy atom. The van der Waals surface area contributed by atoms with E-state index in [9.17, 15) is 0 Å². The van der Waals surface area contributed by atoms with Gasteiger partial charge in [-0.15, -0.1) is 0 Å². The zero-order chi connectivity index (χ0) is 31.0. The van der Waals surface area contributed by atoms with Gasteiger partial charge < -0.3 is 8.97 Å². The van der Waals surface area contributed by atoms with Crippen LogP contribution in [0.15, 0.2) is 0 Å². The Morgan fingerprint density at radius 3 is 0.500 bits per heavy atom. The molecule has 0 spiro atoms. The Morgan fingerprint density at radius 1 is 0.190 bits per heavy atom. The predicted molar refractivity (Wildman–Crippen MR) is 194 cm³/mol. The normalized spacial score (nSPS) is 12.4. The molecule has 0 unspecified atom stereocenters. The van der Waals surface area contributed by atoms with Gasteiger partial charge in [0.2, 0.25) is 0 Å². The largest absolute Gasteiger partial charge is 0.324 e. The second-order valence-corrected chi connectivity index (χ2v) is 14.5. The molecule has 0 radical (unpaired) electrons. The molecule has 0 fully saturated rings.